The largest absolute Gasteiger partial charge is 0.489 e. The smallest absolute Gasteiger partial charge is 0.416 e. The topological polar surface area (TPSA) is 84.3 Å². The maximum atomic E-state index is 12.8. The van der Waals surface area contributed by atoms with Gasteiger partial charge in [0.15, 0.2) is 0 Å². The van der Waals surface area contributed by atoms with E-state index >= 15 is 0 Å². The van der Waals surface area contributed by atoms with Gasteiger partial charge in [-0.3, -0.25) is 0 Å². The molecule has 0 aliphatic heterocycles. The van der Waals surface area contributed by atoms with Crippen LogP contribution in [-0.4, -0.2) is 21.0 Å². The van der Waals surface area contributed by atoms with Gasteiger partial charge in [0.05, 0.1) is 16.6 Å². The lowest BCUT2D eigenvalue weighted by Gasteiger charge is -2.13. The van der Waals surface area contributed by atoms with E-state index in [-0.39, 0.29) is 24.2 Å². The first-order chi connectivity index (χ1) is 15.8. The molecule has 168 valence electrons. The SMILES string of the molecule is O=C(O)c1cc(OCc2ccccc2)cc2c(NCc3ccc(C(F)(F)F)cc3)ncnc12. The normalized spacial score (nSPS) is 11.4. The number of alkyl halides is 3. The molecular weight excluding hydrogens is 435 g/mol. The van der Waals surface area contributed by atoms with E-state index in [2.05, 4.69) is 15.3 Å². The summed E-state index contributed by atoms with van der Waals surface area (Å²) in [4.78, 5) is 20.1. The van der Waals surface area contributed by atoms with E-state index in [9.17, 15) is 23.1 Å². The van der Waals surface area contributed by atoms with Crippen molar-refractivity contribution >= 4 is 22.7 Å². The zero-order valence-electron chi connectivity index (χ0n) is 17.1. The quantitative estimate of drug-likeness (QED) is 0.382. The zero-order chi connectivity index (χ0) is 23.4. The third kappa shape index (κ3) is 5.20. The highest BCUT2D eigenvalue weighted by atomic mass is 19.4. The molecule has 9 heteroatoms. The van der Waals surface area contributed by atoms with Crippen molar-refractivity contribution < 1.29 is 27.8 Å². The lowest BCUT2D eigenvalue weighted by molar-refractivity contribution is -0.137. The molecule has 0 aliphatic rings. The van der Waals surface area contributed by atoms with E-state index in [0.29, 0.717) is 22.5 Å². The van der Waals surface area contributed by atoms with E-state index in [0.717, 1.165) is 17.7 Å². The summed E-state index contributed by atoms with van der Waals surface area (Å²) in [6.45, 7) is 0.426. The van der Waals surface area contributed by atoms with Gasteiger partial charge < -0.3 is 15.2 Å². The summed E-state index contributed by atoms with van der Waals surface area (Å²) in [6, 6.07) is 17.2. The molecule has 1 aromatic heterocycles. The molecular formula is C24H18F3N3O3. The molecule has 3 aromatic carbocycles. The van der Waals surface area contributed by atoms with Crippen LogP contribution >= 0.6 is 0 Å². The lowest BCUT2D eigenvalue weighted by atomic mass is 10.1. The molecule has 0 radical (unpaired) electrons. The summed E-state index contributed by atoms with van der Waals surface area (Å²) >= 11 is 0. The molecule has 2 N–H and O–H groups in total. The van der Waals surface area contributed by atoms with Gasteiger partial charge >= 0.3 is 12.1 Å². The Labute approximate surface area is 186 Å². The number of nitrogens with zero attached hydrogens (tertiary/aromatic N) is 2. The van der Waals surface area contributed by atoms with Crippen molar-refractivity contribution in [2.24, 2.45) is 0 Å². The number of halogens is 3. The molecule has 1 heterocycles. The summed E-state index contributed by atoms with van der Waals surface area (Å²) in [6.07, 6.45) is -3.17. The fraction of sp³-hybridized carbons (Fsp3) is 0.125. The summed E-state index contributed by atoms with van der Waals surface area (Å²) < 4.78 is 44.1. The summed E-state index contributed by atoms with van der Waals surface area (Å²) in [7, 11) is 0. The number of benzene rings is 3. The fourth-order valence-corrected chi connectivity index (χ4v) is 3.27. The molecule has 33 heavy (non-hydrogen) atoms. The van der Waals surface area contributed by atoms with E-state index in [1.54, 1.807) is 6.07 Å². The van der Waals surface area contributed by atoms with Crippen LogP contribution in [0.4, 0.5) is 19.0 Å². The van der Waals surface area contributed by atoms with Crippen LogP contribution in [0, 0.1) is 0 Å². The number of carbonyl (C=O) groups is 1. The molecule has 0 unspecified atom stereocenters. The number of hydrogen-bond donors (Lipinski definition) is 2. The van der Waals surface area contributed by atoms with Crippen molar-refractivity contribution in [1.82, 2.24) is 9.97 Å². The van der Waals surface area contributed by atoms with Crippen LogP contribution in [0.1, 0.15) is 27.0 Å². The molecule has 0 amide bonds. The molecule has 0 spiro atoms. The van der Waals surface area contributed by atoms with Crippen molar-refractivity contribution in [3.63, 3.8) is 0 Å². The number of rotatable bonds is 7. The second-order valence-corrected chi connectivity index (χ2v) is 7.22. The highest BCUT2D eigenvalue weighted by Crippen LogP contribution is 2.31. The monoisotopic (exact) mass is 453 g/mol. The van der Waals surface area contributed by atoms with Gasteiger partial charge in [-0.05, 0) is 35.4 Å². The number of hydrogen-bond acceptors (Lipinski definition) is 5. The number of anilines is 1. The minimum absolute atomic E-state index is 0.0458. The maximum Gasteiger partial charge on any atom is 0.416 e. The Morgan fingerprint density at radius 1 is 0.970 bits per heavy atom. The highest BCUT2D eigenvalue weighted by molar-refractivity contribution is 6.05. The first kappa shape index (κ1) is 22.1. The van der Waals surface area contributed by atoms with Crippen LogP contribution < -0.4 is 10.1 Å². The Hall–Kier alpha value is -4.14. The van der Waals surface area contributed by atoms with Gasteiger partial charge in [-0.15, -0.1) is 0 Å². The van der Waals surface area contributed by atoms with E-state index in [1.165, 1.54) is 24.5 Å². The maximum absolute atomic E-state index is 12.8. The van der Waals surface area contributed by atoms with Crippen molar-refractivity contribution in [3.05, 3.63) is 95.3 Å². The van der Waals surface area contributed by atoms with Crippen LogP contribution in [0.2, 0.25) is 0 Å². The Morgan fingerprint density at radius 2 is 1.70 bits per heavy atom. The molecule has 0 fully saturated rings. The van der Waals surface area contributed by atoms with E-state index < -0.39 is 17.7 Å². The second kappa shape index (κ2) is 9.15. The predicted octanol–water partition coefficient (Wildman–Crippen LogP) is 5.54. The average Bonchev–Trinajstić information content (AvgIpc) is 2.81. The first-order valence-corrected chi connectivity index (χ1v) is 9.90. The molecule has 0 aliphatic carbocycles. The minimum Gasteiger partial charge on any atom is -0.489 e. The first-order valence-electron chi connectivity index (χ1n) is 9.90. The number of aromatic nitrogens is 2. The molecule has 0 saturated carbocycles. The zero-order valence-corrected chi connectivity index (χ0v) is 17.1. The van der Waals surface area contributed by atoms with Gasteiger partial charge in [-0.2, -0.15) is 13.2 Å². The third-order valence-corrected chi connectivity index (χ3v) is 4.93. The van der Waals surface area contributed by atoms with Crippen LogP contribution in [0.25, 0.3) is 10.9 Å². The van der Waals surface area contributed by atoms with Crippen LogP contribution in [-0.2, 0) is 19.3 Å². The molecule has 4 aromatic rings. The minimum atomic E-state index is -4.40. The molecule has 0 bridgehead atoms. The standard InChI is InChI=1S/C24H18F3N3O3/c25-24(26,27)17-8-6-15(7-9-17)12-28-22-19-10-18(33-13-16-4-2-1-3-5-16)11-20(23(31)32)21(19)29-14-30-22/h1-11,14H,12-13H2,(H,31,32)(H,28,29,30). The Morgan fingerprint density at radius 3 is 2.36 bits per heavy atom. The van der Waals surface area contributed by atoms with Gasteiger partial charge in [-0.25, -0.2) is 14.8 Å². The number of aromatic carboxylic acids is 1. The van der Waals surface area contributed by atoms with Crippen LogP contribution in [0.3, 0.4) is 0 Å². The summed E-state index contributed by atoms with van der Waals surface area (Å²) in [5.74, 6) is -0.499. The van der Waals surface area contributed by atoms with Gasteiger partial charge in [0.2, 0.25) is 0 Å². The number of fused-ring (bicyclic) bond motifs is 1. The van der Waals surface area contributed by atoms with Crippen LogP contribution in [0.15, 0.2) is 73.1 Å². The van der Waals surface area contributed by atoms with Crippen molar-refractivity contribution in [3.8, 4) is 5.75 Å². The van der Waals surface area contributed by atoms with Gasteiger partial charge in [0.25, 0.3) is 0 Å². The predicted molar refractivity (Wildman–Crippen MR) is 116 cm³/mol. The Balaban J connectivity index is 1.61. The number of ether oxygens (including phenoxy) is 1. The Bertz CT molecular complexity index is 1280. The van der Waals surface area contributed by atoms with E-state index in [4.69, 9.17) is 4.74 Å². The van der Waals surface area contributed by atoms with E-state index in [1.807, 2.05) is 30.3 Å². The van der Waals surface area contributed by atoms with Gasteiger partial charge in [0, 0.05) is 11.9 Å². The molecule has 0 saturated heterocycles. The Kier molecular flexibility index (Phi) is 6.12. The fourth-order valence-electron chi connectivity index (χ4n) is 3.27. The number of nitrogens with one attached hydrogen (secondary N) is 1. The molecule has 0 atom stereocenters. The third-order valence-electron chi connectivity index (χ3n) is 4.93. The summed E-state index contributed by atoms with van der Waals surface area (Å²) in [5.41, 5.74) is 0.962. The second-order valence-electron chi connectivity index (χ2n) is 7.22. The van der Waals surface area contributed by atoms with Crippen molar-refractivity contribution in [2.75, 3.05) is 5.32 Å². The van der Waals surface area contributed by atoms with Crippen molar-refractivity contribution in [1.29, 1.82) is 0 Å². The van der Waals surface area contributed by atoms with Crippen molar-refractivity contribution in [2.45, 2.75) is 19.3 Å². The molecule has 4 rings (SSSR count). The number of carboxylic acids is 1. The van der Waals surface area contributed by atoms with Crippen LogP contribution in [0.5, 0.6) is 5.75 Å². The summed E-state index contributed by atoms with van der Waals surface area (Å²) in [5, 5.41) is 13.1. The van der Waals surface area contributed by atoms with Gasteiger partial charge in [0.1, 0.15) is 24.5 Å². The average molecular weight is 453 g/mol. The molecule has 6 nitrogen and oxygen atoms in total. The highest BCUT2D eigenvalue weighted by Gasteiger charge is 2.29. The van der Waals surface area contributed by atoms with Gasteiger partial charge in [-0.1, -0.05) is 42.5 Å². The number of carboxylic acid groups (broad SMARTS) is 1. The lowest BCUT2D eigenvalue weighted by Crippen LogP contribution is -2.07.